The van der Waals surface area contributed by atoms with E-state index in [0.717, 1.165) is 24.0 Å². The first-order valence-corrected chi connectivity index (χ1v) is 8.45. The number of amides is 1. The van der Waals surface area contributed by atoms with Gasteiger partial charge in [0.05, 0.1) is 25.7 Å². The highest BCUT2D eigenvalue weighted by molar-refractivity contribution is 5.78. The van der Waals surface area contributed by atoms with Crippen molar-refractivity contribution < 1.29 is 14.3 Å². The van der Waals surface area contributed by atoms with E-state index in [1.54, 1.807) is 35.1 Å². The summed E-state index contributed by atoms with van der Waals surface area (Å²) in [5, 5.41) is 4.29. The van der Waals surface area contributed by atoms with E-state index in [-0.39, 0.29) is 12.1 Å². The molecule has 0 spiro atoms. The number of nitrogens with zero attached hydrogens (tertiary/aromatic N) is 5. The first kappa shape index (κ1) is 16.3. The maximum Gasteiger partial charge on any atom is 0.225 e. The summed E-state index contributed by atoms with van der Waals surface area (Å²) in [6, 6.07) is 3.74. The van der Waals surface area contributed by atoms with Crippen LogP contribution in [0, 0.1) is 0 Å². The molecule has 1 atom stereocenters. The Morgan fingerprint density at radius 1 is 1.27 bits per heavy atom. The molecule has 134 valence electrons. The SMILES string of the molecule is COc1cnc(-c2cc(O[C@H](C)N3CCCC3=O)c3ccnn3c2)nc1. The fraction of sp³-hybridized carbons (Fsp3) is 0.333. The van der Waals surface area contributed by atoms with Gasteiger partial charge in [-0.05, 0) is 25.5 Å². The van der Waals surface area contributed by atoms with Gasteiger partial charge in [-0.1, -0.05) is 0 Å². The predicted molar refractivity (Wildman–Crippen MR) is 93.8 cm³/mol. The largest absolute Gasteiger partial charge is 0.494 e. The molecule has 1 amide bonds. The molecule has 26 heavy (non-hydrogen) atoms. The molecule has 0 aromatic carbocycles. The molecule has 8 heteroatoms. The molecule has 4 rings (SSSR count). The Bertz CT molecular complexity index is 938. The molecule has 0 N–H and O–H groups in total. The fourth-order valence-corrected chi connectivity index (χ4v) is 3.08. The topological polar surface area (TPSA) is 81.9 Å². The van der Waals surface area contributed by atoms with Crippen molar-refractivity contribution in [1.29, 1.82) is 0 Å². The monoisotopic (exact) mass is 353 g/mol. The first-order chi connectivity index (χ1) is 12.7. The van der Waals surface area contributed by atoms with Crippen molar-refractivity contribution in [2.24, 2.45) is 0 Å². The average molecular weight is 353 g/mol. The second-order valence-electron chi connectivity index (χ2n) is 6.11. The van der Waals surface area contributed by atoms with Crippen LogP contribution >= 0.6 is 0 Å². The van der Waals surface area contributed by atoms with Gasteiger partial charge in [0.1, 0.15) is 11.3 Å². The lowest BCUT2D eigenvalue weighted by Gasteiger charge is -2.25. The number of methoxy groups -OCH3 is 1. The highest BCUT2D eigenvalue weighted by Gasteiger charge is 2.26. The standard InChI is InChI=1S/C18H19N5O3/c1-12(22-7-3-4-17(22)24)26-16-8-13(11-23-15(16)5-6-21-23)18-19-9-14(25-2)10-20-18/h5-6,8-12H,3-4,7H2,1-2H3/t12-/m1/s1. The first-order valence-electron chi connectivity index (χ1n) is 8.45. The second-order valence-corrected chi connectivity index (χ2v) is 6.11. The minimum Gasteiger partial charge on any atom is -0.494 e. The zero-order valence-electron chi connectivity index (χ0n) is 14.6. The van der Waals surface area contributed by atoms with Gasteiger partial charge in [-0.3, -0.25) is 4.79 Å². The minimum atomic E-state index is -0.351. The van der Waals surface area contributed by atoms with Gasteiger partial charge in [0.25, 0.3) is 0 Å². The van der Waals surface area contributed by atoms with Crippen molar-refractivity contribution in [2.45, 2.75) is 26.0 Å². The lowest BCUT2D eigenvalue weighted by molar-refractivity contribution is -0.134. The normalized spacial score (nSPS) is 15.5. The molecular formula is C18H19N5O3. The molecule has 1 saturated heterocycles. The molecule has 0 saturated carbocycles. The van der Waals surface area contributed by atoms with Gasteiger partial charge in [-0.2, -0.15) is 5.10 Å². The Labute approximate surface area is 150 Å². The molecule has 0 unspecified atom stereocenters. The molecule has 1 aliphatic heterocycles. The van der Waals surface area contributed by atoms with E-state index in [1.165, 1.54) is 0 Å². The van der Waals surface area contributed by atoms with E-state index < -0.39 is 0 Å². The Kier molecular flexibility index (Phi) is 4.16. The predicted octanol–water partition coefficient (Wildman–Crippen LogP) is 2.15. The number of likely N-dealkylation sites (tertiary alicyclic amines) is 1. The maximum absolute atomic E-state index is 12.0. The third-order valence-electron chi connectivity index (χ3n) is 4.44. The molecule has 8 nitrogen and oxygen atoms in total. The highest BCUT2D eigenvalue weighted by atomic mass is 16.5. The van der Waals surface area contributed by atoms with Gasteiger partial charge in [0, 0.05) is 24.7 Å². The highest BCUT2D eigenvalue weighted by Crippen LogP contribution is 2.28. The van der Waals surface area contributed by atoms with Crippen LogP contribution < -0.4 is 9.47 Å². The summed E-state index contributed by atoms with van der Waals surface area (Å²) in [5.74, 6) is 1.88. The summed E-state index contributed by atoms with van der Waals surface area (Å²) in [4.78, 5) is 22.4. The molecular weight excluding hydrogens is 334 g/mol. The van der Waals surface area contributed by atoms with Gasteiger partial charge in [-0.25, -0.2) is 14.5 Å². The Balaban J connectivity index is 1.69. The van der Waals surface area contributed by atoms with Crippen LogP contribution in [0.25, 0.3) is 16.9 Å². The number of aromatic nitrogens is 4. The van der Waals surface area contributed by atoms with E-state index >= 15 is 0 Å². The van der Waals surface area contributed by atoms with Gasteiger partial charge < -0.3 is 14.4 Å². The van der Waals surface area contributed by atoms with Crippen LogP contribution in [0.4, 0.5) is 0 Å². The summed E-state index contributed by atoms with van der Waals surface area (Å²) in [6.45, 7) is 2.60. The molecule has 0 bridgehead atoms. The van der Waals surface area contributed by atoms with Crippen molar-refractivity contribution in [3.05, 3.63) is 36.9 Å². The van der Waals surface area contributed by atoms with Crippen LogP contribution in [0.3, 0.4) is 0 Å². The molecule has 1 fully saturated rings. The Hall–Kier alpha value is -3.16. The number of carbonyl (C=O) groups is 1. The van der Waals surface area contributed by atoms with E-state index in [1.807, 2.05) is 25.3 Å². The van der Waals surface area contributed by atoms with Crippen LogP contribution in [-0.2, 0) is 4.79 Å². The van der Waals surface area contributed by atoms with Crippen LogP contribution in [0.1, 0.15) is 19.8 Å². The fourth-order valence-electron chi connectivity index (χ4n) is 3.08. The zero-order chi connectivity index (χ0) is 18.1. The van der Waals surface area contributed by atoms with Crippen molar-refractivity contribution in [1.82, 2.24) is 24.5 Å². The maximum atomic E-state index is 12.0. The molecule has 0 aliphatic carbocycles. The number of hydrogen-bond donors (Lipinski definition) is 0. The molecule has 1 aliphatic rings. The molecule has 4 heterocycles. The number of rotatable bonds is 5. The quantitative estimate of drug-likeness (QED) is 0.699. The van der Waals surface area contributed by atoms with Gasteiger partial charge in [0.15, 0.2) is 17.8 Å². The summed E-state index contributed by atoms with van der Waals surface area (Å²) in [7, 11) is 1.57. The van der Waals surface area contributed by atoms with Crippen molar-refractivity contribution in [3.63, 3.8) is 0 Å². The average Bonchev–Trinajstić information content (AvgIpc) is 3.30. The lowest BCUT2D eigenvalue weighted by Crippen LogP contribution is -2.38. The van der Waals surface area contributed by atoms with Gasteiger partial charge in [0.2, 0.25) is 5.91 Å². The van der Waals surface area contributed by atoms with Crippen molar-refractivity contribution >= 4 is 11.4 Å². The Morgan fingerprint density at radius 3 is 2.77 bits per heavy atom. The number of pyridine rings is 1. The number of ether oxygens (including phenoxy) is 2. The summed E-state index contributed by atoms with van der Waals surface area (Å²) in [5.41, 5.74) is 1.58. The summed E-state index contributed by atoms with van der Waals surface area (Å²) in [6.07, 6.45) is 7.87. The second kappa shape index (κ2) is 6.62. The van der Waals surface area contributed by atoms with Crippen molar-refractivity contribution in [3.8, 4) is 22.9 Å². The molecule has 0 radical (unpaired) electrons. The van der Waals surface area contributed by atoms with Crippen LogP contribution in [0.5, 0.6) is 11.5 Å². The third-order valence-corrected chi connectivity index (χ3v) is 4.44. The van der Waals surface area contributed by atoms with Crippen LogP contribution in [0.2, 0.25) is 0 Å². The van der Waals surface area contributed by atoms with Gasteiger partial charge in [-0.15, -0.1) is 0 Å². The summed E-state index contributed by atoms with van der Waals surface area (Å²) < 4.78 is 12.9. The minimum absolute atomic E-state index is 0.122. The number of hydrogen-bond acceptors (Lipinski definition) is 6. The van der Waals surface area contributed by atoms with E-state index in [4.69, 9.17) is 9.47 Å². The lowest BCUT2D eigenvalue weighted by atomic mass is 10.2. The smallest absolute Gasteiger partial charge is 0.225 e. The molecule has 3 aromatic heterocycles. The van der Waals surface area contributed by atoms with E-state index in [0.29, 0.717) is 23.7 Å². The van der Waals surface area contributed by atoms with Gasteiger partial charge >= 0.3 is 0 Å². The van der Waals surface area contributed by atoms with Crippen LogP contribution in [-0.4, -0.2) is 50.3 Å². The number of carbonyl (C=O) groups excluding carboxylic acids is 1. The zero-order valence-corrected chi connectivity index (χ0v) is 14.6. The number of fused-ring (bicyclic) bond motifs is 1. The summed E-state index contributed by atoms with van der Waals surface area (Å²) >= 11 is 0. The van der Waals surface area contributed by atoms with E-state index in [2.05, 4.69) is 15.1 Å². The third kappa shape index (κ3) is 2.94. The van der Waals surface area contributed by atoms with Crippen molar-refractivity contribution in [2.75, 3.05) is 13.7 Å². The van der Waals surface area contributed by atoms with Crippen LogP contribution in [0.15, 0.2) is 36.9 Å². The Morgan fingerprint density at radius 2 is 2.08 bits per heavy atom. The molecule has 3 aromatic rings. The van der Waals surface area contributed by atoms with E-state index in [9.17, 15) is 4.79 Å².